The first-order valence-electron chi connectivity index (χ1n) is 6.45. The normalized spacial score (nSPS) is 21.0. The van der Waals surface area contributed by atoms with Crippen molar-refractivity contribution in [1.29, 1.82) is 0 Å². The summed E-state index contributed by atoms with van der Waals surface area (Å²) in [5.41, 5.74) is 1.35. The molecule has 2 atom stereocenters. The second kappa shape index (κ2) is 5.22. The molecule has 1 fully saturated rings. The highest BCUT2D eigenvalue weighted by molar-refractivity contribution is 6.37. The molecule has 2 unspecified atom stereocenters. The molecule has 21 heavy (non-hydrogen) atoms. The lowest BCUT2D eigenvalue weighted by molar-refractivity contribution is -0.123. The minimum Gasteiger partial charge on any atom is -0.478 e. The van der Waals surface area contributed by atoms with E-state index in [1.807, 2.05) is 30.3 Å². The van der Waals surface area contributed by atoms with Crippen LogP contribution in [0, 0.1) is 0 Å². The lowest BCUT2D eigenvalue weighted by Gasteiger charge is -2.45. The maximum atomic E-state index is 12.1. The van der Waals surface area contributed by atoms with E-state index in [-0.39, 0.29) is 17.5 Å². The average Bonchev–Trinajstić information content (AvgIpc) is 2.52. The molecule has 106 valence electrons. The van der Waals surface area contributed by atoms with Crippen LogP contribution in [0.15, 0.2) is 54.6 Å². The fraction of sp³-hybridized carbons (Fsp3) is 0.125. The molecule has 2 aromatic rings. The van der Waals surface area contributed by atoms with E-state index in [2.05, 4.69) is 0 Å². The van der Waals surface area contributed by atoms with Crippen molar-refractivity contribution in [3.8, 4) is 0 Å². The standard InChI is InChI=1S/C16H12ClNO3/c17-13-14(10-6-2-1-3-7-10)18(15(13)19)12-9-5-4-8-11(12)16(20)21/h1-9,13-14H,(H,20,21). The zero-order valence-electron chi connectivity index (χ0n) is 10.9. The van der Waals surface area contributed by atoms with E-state index < -0.39 is 11.3 Å². The van der Waals surface area contributed by atoms with Gasteiger partial charge in [-0.1, -0.05) is 42.5 Å². The van der Waals surface area contributed by atoms with E-state index in [1.54, 1.807) is 18.2 Å². The number of hydrogen-bond acceptors (Lipinski definition) is 2. The van der Waals surface area contributed by atoms with Gasteiger partial charge in [-0.15, -0.1) is 11.6 Å². The van der Waals surface area contributed by atoms with E-state index in [0.717, 1.165) is 5.56 Å². The number of β-lactam (4-membered cyclic amide) rings is 1. The summed E-state index contributed by atoms with van der Waals surface area (Å²) in [5.74, 6) is -1.34. The highest BCUT2D eigenvalue weighted by Crippen LogP contribution is 2.43. The molecule has 2 aromatic carbocycles. The molecule has 0 aliphatic carbocycles. The van der Waals surface area contributed by atoms with Crippen molar-refractivity contribution in [3.63, 3.8) is 0 Å². The van der Waals surface area contributed by atoms with Crippen LogP contribution in [0.1, 0.15) is 22.0 Å². The van der Waals surface area contributed by atoms with E-state index in [0.29, 0.717) is 5.69 Å². The van der Waals surface area contributed by atoms with E-state index in [4.69, 9.17) is 11.6 Å². The molecule has 3 rings (SSSR count). The number of carboxylic acids is 1. The van der Waals surface area contributed by atoms with Crippen LogP contribution in [0.4, 0.5) is 5.69 Å². The minimum atomic E-state index is -1.07. The molecular weight excluding hydrogens is 290 g/mol. The van der Waals surface area contributed by atoms with Crippen LogP contribution in [-0.2, 0) is 4.79 Å². The summed E-state index contributed by atoms with van der Waals surface area (Å²) in [6, 6.07) is 15.5. The number of nitrogens with zero attached hydrogens (tertiary/aromatic N) is 1. The number of carbonyl (C=O) groups is 2. The predicted molar refractivity (Wildman–Crippen MR) is 79.7 cm³/mol. The number of carboxylic acid groups (broad SMARTS) is 1. The smallest absolute Gasteiger partial charge is 0.337 e. The van der Waals surface area contributed by atoms with Gasteiger partial charge in [0.2, 0.25) is 5.91 Å². The van der Waals surface area contributed by atoms with E-state index in [9.17, 15) is 14.7 Å². The first kappa shape index (κ1) is 13.6. The number of hydrogen-bond donors (Lipinski definition) is 1. The number of rotatable bonds is 3. The summed E-state index contributed by atoms with van der Waals surface area (Å²) >= 11 is 6.14. The van der Waals surface area contributed by atoms with E-state index >= 15 is 0 Å². The van der Waals surface area contributed by atoms with Crippen LogP contribution in [0.5, 0.6) is 0 Å². The number of aromatic carboxylic acids is 1. The van der Waals surface area contributed by atoms with Gasteiger partial charge in [-0.05, 0) is 17.7 Å². The molecule has 1 amide bonds. The predicted octanol–water partition coefficient (Wildman–Crippen LogP) is 3.08. The number of carbonyl (C=O) groups excluding carboxylic acids is 1. The second-order valence-electron chi connectivity index (χ2n) is 4.79. The Morgan fingerprint density at radius 1 is 1.05 bits per heavy atom. The quantitative estimate of drug-likeness (QED) is 0.700. The van der Waals surface area contributed by atoms with Crippen molar-refractivity contribution in [2.75, 3.05) is 4.90 Å². The molecule has 5 heteroatoms. The third kappa shape index (κ3) is 2.17. The largest absolute Gasteiger partial charge is 0.478 e. The van der Waals surface area contributed by atoms with Gasteiger partial charge in [0, 0.05) is 0 Å². The van der Waals surface area contributed by atoms with E-state index in [1.165, 1.54) is 11.0 Å². The summed E-state index contributed by atoms with van der Waals surface area (Å²) in [4.78, 5) is 24.9. The lowest BCUT2D eigenvalue weighted by atomic mass is 9.91. The molecular formula is C16H12ClNO3. The number of anilines is 1. The van der Waals surface area contributed by atoms with Crippen LogP contribution < -0.4 is 4.90 Å². The van der Waals surface area contributed by atoms with Crippen LogP contribution >= 0.6 is 11.6 Å². The topological polar surface area (TPSA) is 57.6 Å². The molecule has 0 saturated carbocycles. The zero-order valence-corrected chi connectivity index (χ0v) is 11.7. The molecule has 1 aliphatic rings. The van der Waals surface area contributed by atoms with Crippen LogP contribution in [0.25, 0.3) is 0 Å². The van der Waals surface area contributed by atoms with Crippen molar-refractivity contribution >= 4 is 29.2 Å². The highest BCUT2D eigenvalue weighted by Gasteiger charge is 2.48. The van der Waals surface area contributed by atoms with Gasteiger partial charge in [-0.25, -0.2) is 4.79 Å². The van der Waals surface area contributed by atoms with Crippen molar-refractivity contribution in [3.05, 3.63) is 65.7 Å². The number of halogens is 1. The summed E-state index contributed by atoms with van der Waals surface area (Å²) in [7, 11) is 0. The number of alkyl halides is 1. The Morgan fingerprint density at radius 2 is 1.67 bits per heavy atom. The Hall–Kier alpha value is -2.33. The van der Waals surface area contributed by atoms with Gasteiger partial charge >= 0.3 is 5.97 Å². The van der Waals surface area contributed by atoms with Gasteiger partial charge in [0.05, 0.1) is 17.3 Å². The Bertz CT molecular complexity index is 702. The first-order valence-corrected chi connectivity index (χ1v) is 6.89. The molecule has 0 radical (unpaired) electrons. The van der Waals surface area contributed by atoms with Crippen molar-refractivity contribution in [1.82, 2.24) is 0 Å². The molecule has 0 spiro atoms. The Morgan fingerprint density at radius 3 is 2.33 bits per heavy atom. The summed E-state index contributed by atoms with van der Waals surface area (Å²) in [5, 5.41) is 8.60. The summed E-state index contributed by atoms with van der Waals surface area (Å²) in [6.07, 6.45) is 0. The monoisotopic (exact) mass is 301 g/mol. The fourth-order valence-electron chi connectivity index (χ4n) is 2.56. The molecule has 1 heterocycles. The molecule has 0 bridgehead atoms. The Balaban J connectivity index is 2.05. The Kier molecular flexibility index (Phi) is 3.39. The van der Waals surface area contributed by atoms with Crippen LogP contribution in [-0.4, -0.2) is 22.4 Å². The number of amides is 1. The van der Waals surface area contributed by atoms with Crippen molar-refractivity contribution < 1.29 is 14.7 Å². The van der Waals surface area contributed by atoms with Crippen LogP contribution in [0.2, 0.25) is 0 Å². The molecule has 1 saturated heterocycles. The molecule has 4 nitrogen and oxygen atoms in total. The van der Waals surface area contributed by atoms with Gasteiger partial charge in [0.15, 0.2) is 0 Å². The summed E-state index contributed by atoms with van der Waals surface area (Å²) < 4.78 is 0. The number of benzene rings is 2. The first-order chi connectivity index (χ1) is 10.1. The van der Waals surface area contributed by atoms with Gasteiger partial charge < -0.3 is 10.0 Å². The van der Waals surface area contributed by atoms with Crippen LogP contribution in [0.3, 0.4) is 0 Å². The fourth-order valence-corrected chi connectivity index (χ4v) is 2.92. The summed E-state index contributed by atoms with van der Waals surface area (Å²) in [6.45, 7) is 0. The minimum absolute atomic E-state index is 0.0929. The zero-order chi connectivity index (χ0) is 15.0. The third-order valence-corrected chi connectivity index (χ3v) is 3.99. The molecule has 1 N–H and O–H groups in total. The van der Waals surface area contributed by atoms with Gasteiger partial charge in [-0.2, -0.15) is 0 Å². The van der Waals surface area contributed by atoms with Gasteiger partial charge in [-0.3, -0.25) is 4.79 Å². The van der Waals surface area contributed by atoms with Gasteiger partial charge in [0.25, 0.3) is 0 Å². The maximum Gasteiger partial charge on any atom is 0.337 e. The highest BCUT2D eigenvalue weighted by atomic mass is 35.5. The second-order valence-corrected chi connectivity index (χ2v) is 5.26. The van der Waals surface area contributed by atoms with Crippen molar-refractivity contribution in [2.45, 2.75) is 11.4 Å². The number of para-hydroxylation sites is 1. The van der Waals surface area contributed by atoms with Crippen molar-refractivity contribution in [2.24, 2.45) is 0 Å². The van der Waals surface area contributed by atoms with Gasteiger partial charge in [0.1, 0.15) is 5.38 Å². The molecule has 0 aromatic heterocycles. The average molecular weight is 302 g/mol. The Labute approximate surface area is 126 Å². The third-order valence-electron chi connectivity index (χ3n) is 3.56. The maximum absolute atomic E-state index is 12.1. The lowest BCUT2D eigenvalue weighted by Crippen LogP contribution is -2.57. The SMILES string of the molecule is O=C(O)c1ccccc1N1C(=O)C(Cl)C1c1ccccc1. The molecule has 1 aliphatic heterocycles.